The number of allylic oxidation sites excluding steroid dienone is 2. The molecule has 0 radical (unpaired) electrons. The lowest BCUT2D eigenvalue weighted by atomic mass is 10.4. The zero-order valence-electron chi connectivity index (χ0n) is 8.98. The molecule has 0 aliphatic heterocycles. The van der Waals surface area contributed by atoms with Crippen LogP contribution in [0.5, 0.6) is 0 Å². The van der Waals surface area contributed by atoms with Gasteiger partial charge in [0.2, 0.25) is 0 Å². The summed E-state index contributed by atoms with van der Waals surface area (Å²) >= 11 is 5.74. The summed E-state index contributed by atoms with van der Waals surface area (Å²) in [6, 6.07) is 0. The van der Waals surface area contributed by atoms with E-state index in [-0.39, 0.29) is 12.4 Å². The lowest BCUT2D eigenvalue weighted by molar-refractivity contribution is -0.877. The summed E-state index contributed by atoms with van der Waals surface area (Å²) in [5.41, 5.74) is 0. The number of hydrogen-bond donors (Lipinski definition) is 0. The molecule has 0 bridgehead atoms. The van der Waals surface area contributed by atoms with Crippen molar-refractivity contribution in [3.8, 4) is 11.8 Å². The summed E-state index contributed by atoms with van der Waals surface area (Å²) in [6.07, 6.45) is 3.62. The highest BCUT2D eigenvalue weighted by molar-refractivity contribution is 6.29. The van der Waals surface area contributed by atoms with Crippen molar-refractivity contribution in [3.63, 3.8) is 0 Å². The molecule has 0 atom stereocenters. The first-order valence-corrected chi connectivity index (χ1v) is 4.59. The number of nitrogens with zero attached hydrogens (tertiary/aromatic N) is 1. The summed E-state index contributed by atoms with van der Waals surface area (Å²) in [7, 11) is 4.24. The largest absolute Gasteiger partial charge is 1.00 e. The fourth-order valence-electron chi connectivity index (χ4n) is 0.769. The molecule has 0 unspecified atom stereocenters. The Morgan fingerprint density at radius 3 is 2.50 bits per heavy atom. The van der Waals surface area contributed by atoms with Crippen molar-refractivity contribution in [1.29, 1.82) is 0 Å². The van der Waals surface area contributed by atoms with Crippen LogP contribution in [0, 0.1) is 11.8 Å². The van der Waals surface area contributed by atoms with Crippen molar-refractivity contribution in [2.24, 2.45) is 0 Å². The summed E-state index contributed by atoms with van der Waals surface area (Å²) in [6.45, 7) is 7.14. The highest BCUT2D eigenvalue weighted by Crippen LogP contribution is 2.02. The summed E-state index contributed by atoms with van der Waals surface area (Å²) in [5.74, 6) is 5.87. The van der Waals surface area contributed by atoms with E-state index < -0.39 is 0 Å². The molecular formula is C11H17Cl2N. The average molecular weight is 234 g/mol. The van der Waals surface area contributed by atoms with Gasteiger partial charge in [-0.05, 0) is 25.0 Å². The van der Waals surface area contributed by atoms with Crippen molar-refractivity contribution in [3.05, 3.63) is 23.8 Å². The SMILES string of the molecule is C=CC#CC[N+](C)(C)C/C=C(\C)Cl.[Cl-]. The first kappa shape index (κ1) is 16.0. The Bertz CT molecular complexity index is 252. The Balaban J connectivity index is 0. The van der Waals surface area contributed by atoms with E-state index in [0.717, 1.165) is 22.6 Å². The molecule has 0 fully saturated rings. The monoisotopic (exact) mass is 233 g/mol. The third-order valence-electron chi connectivity index (χ3n) is 1.58. The van der Waals surface area contributed by atoms with Crippen LogP contribution in [0.15, 0.2) is 23.8 Å². The highest BCUT2D eigenvalue weighted by Gasteiger charge is 2.10. The first-order valence-electron chi connectivity index (χ1n) is 4.21. The maximum atomic E-state index is 5.74. The zero-order valence-corrected chi connectivity index (χ0v) is 10.5. The molecule has 0 aromatic carbocycles. The normalized spacial score (nSPS) is 11.0. The van der Waals surface area contributed by atoms with Gasteiger partial charge in [0, 0.05) is 5.03 Å². The third-order valence-corrected chi connectivity index (χ3v) is 1.73. The lowest BCUT2D eigenvalue weighted by Crippen LogP contribution is -3.00. The van der Waals surface area contributed by atoms with E-state index >= 15 is 0 Å². The van der Waals surface area contributed by atoms with Crippen LogP contribution in [0.1, 0.15) is 6.92 Å². The van der Waals surface area contributed by atoms with Gasteiger partial charge in [0.1, 0.15) is 6.54 Å². The Hall–Kier alpha value is -0.420. The smallest absolute Gasteiger partial charge is 0.141 e. The van der Waals surface area contributed by atoms with Crippen molar-refractivity contribution < 1.29 is 16.9 Å². The van der Waals surface area contributed by atoms with Gasteiger partial charge < -0.3 is 16.9 Å². The molecule has 0 saturated carbocycles. The van der Waals surface area contributed by atoms with Gasteiger partial charge in [0.25, 0.3) is 0 Å². The average Bonchev–Trinajstić information content (AvgIpc) is 2.02. The van der Waals surface area contributed by atoms with Gasteiger partial charge in [-0.2, -0.15) is 0 Å². The number of likely N-dealkylation sites (N-methyl/N-ethyl adjacent to an activating group) is 1. The maximum absolute atomic E-state index is 5.74. The second kappa shape index (κ2) is 7.94. The van der Waals surface area contributed by atoms with Gasteiger partial charge >= 0.3 is 0 Å². The van der Waals surface area contributed by atoms with Crippen LogP contribution in [0.25, 0.3) is 0 Å². The van der Waals surface area contributed by atoms with Crippen LogP contribution in [0.2, 0.25) is 0 Å². The van der Waals surface area contributed by atoms with Gasteiger partial charge in [0.05, 0.1) is 20.6 Å². The molecule has 0 aliphatic rings. The van der Waals surface area contributed by atoms with Gasteiger partial charge in [-0.15, -0.1) is 0 Å². The highest BCUT2D eigenvalue weighted by atomic mass is 35.5. The molecule has 0 amide bonds. The van der Waals surface area contributed by atoms with Crippen LogP contribution in [-0.4, -0.2) is 31.7 Å². The van der Waals surface area contributed by atoms with Crippen molar-refractivity contribution in [2.45, 2.75) is 6.92 Å². The molecule has 1 nitrogen and oxygen atoms in total. The van der Waals surface area contributed by atoms with E-state index in [9.17, 15) is 0 Å². The Morgan fingerprint density at radius 2 is 2.07 bits per heavy atom. The molecule has 0 N–H and O–H groups in total. The molecule has 0 aliphatic carbocycles. The number of quaternary nitrogens is 1. The summed E-state index contributed by atoms with van der Waals surface area (Å²) < 4.78 is 0.824. The van der Waals surface area contributed by atoms with Gasteiger partial charge in [-0.1, -0.05) is 24.1 Å². The third kappa shape index (κ3) is 9.67. The second-order valence-electron chi connectivity index (χ2n) is 3.59. The molecular weight excluding hydrogens is 217 g/mol. The number of hydrogen-bond acceptors (Lipinski definition) is 0. The van der Waals surface area contributed by atoms with Gasteiger partial charge in [0.15, 0.2) is 0 Å². The molecule has 0 heterocycles. The predicted molar refractivity (Wildman–Crippen MR) is 59.4 cm³/mol. The van der Waals surface area contributed by atoms with E-state index in [2.05, 4.69) is 32.5 Å². The zero-order chi connectivity index (χ0) is 10.3. The second-order valence-corrected chi connectivity index (χ2v) is 4.19. The molecule has 0 spiro atoms. The van der Waals surface area contributed by atoms with Crippen LogP contribution >= 0.6 is 11.6 Å². The van der Waals surface area contributed by atoms with Gasteiger partial charge in [-0.25, -0.2) is 0 Å². The fraction of sp³-hybridized carbons (Fsp3) is 0.455. The Kier molecular flexibility index (Phi) is 9.08. The standard InChI is InChI=1S/C11H17ClN.ClH/c1-5-6-7-9-13(3,4)10-8-11(2)12;/h5,8H,1,9-10H2,2-4H3;1H/q+1;/p-1/b11-8+;. The van der Waals surface area contributed by atoms with Crippen LogP contribution in [0.4, 0.5) is 0 Å². The number of halogens is 2. The van der Waals surface area contributed by atoms with E-state index in [1.807, 2.05) is 13.0 Å². The molecule has 3 heteroatoms. The van der Waals surface area contributed by atoms with E-state index in [0.29, 0.717) is 0 Å². The fourth-order valence-corrected chi connectivity index (χ4v) is 0.838. The minimum atomic E-state index is 0. The first-order chi connectivity index (χ1) is 5.98. The van der Waals surface area contributed by atoms with Crippen LogP contribution in [-0.2, 0) is 0 Å². The number of rotatable bonds is 3. The minimum Gasteiger partial charge on any atom is -1.00 e. The Morgan fingerprint density at radius 1 is 1.50 bits per heavy atom. The Labute approximate surface area is 98.4 Å². The predicted octanol–water partition coefficient (Wildman–Crippen LogP) is -0.601. The van der Waals surface area contributed by atoms with Crippen molar-refractivity contribution in [2.75, 3.05) is 27.2 Å². The summed E-state index contributed by atoms with van der Waals surface area (Å²) in [4.78, 5) is 0. The lowest BCUT2D eigenvalue weighted by Gasteiger charge is -2.25. The quantitative estimate of drug-likeness (QED) is 0.452. The van der Waals surface area contributed by atoms with E-state index in [1.165, 1.54) is 0 Å². The van der Waals surface area contributed by atoms with E-state index in [1.54, 1.807) is 6.08 Å². The molecule has 0 rings (SSSR count). The topological polar surface area (TPSA) is 0 Å². The van der Waals surface area contributed by atoms with Crippen molar-refractivity contribution in [1.82, 2.24) is 0 Å². The molecule has 0 saturated heterocycles. The van der Waals surface area contributed by atoms with Crippen LogP contribution in [0.3, 0.4) is 0 Å². The van der Waals surface area contributed by atoms with E-state index in [4.69, 9.17) is 11.6 Å². The van der Waals surface area contributed by atoms with Crippen LogP contribution < -0.4 is 12.4 Å². The molecule has 0 aromatic heterocycles. The summed E-state index contributed by atoms with van der Waals surface area (Å²) in [5, 5.41) is 0.836. The maximum Gasteiger partial charge on any atom is 0.141 e. The van der Waals surface area contributed by atoms with Crippen molar-refractivity contribution >= 4 is 11.6 Å². The molecule has 14 heavy (non-hydrogen) atoms. The molecule has 0 aromatic rings. The molecule has 80 valence electrons. The minimum absolute atomic E-state index is 0. The van der Waals surface area contributed by atoms with Gasteiger partial charge in [-0.3, -0.25) is 0 Å².